The molecule has 1 amide bonds. The molecule has 0 bridgehead atoms. The second-order valence-corrected chi connectivity index (χ2v) is 5.39. The van der Waals surface area contributed by atoms with E-state index in [1.54, 1.807) is 6.07 Å². The predicted molar refractivity (Wildman–Crippen MR) is 83.5 cm³/mol. The van der Waals surface area contributed by atoms with Gasteiger partial charge in [0.1, 0.15) is 0 Å². The smallest absolute Gasteiger partial charge is 0.226 e. The minimum atomic E-state index is 0.0307. The Labute approximate surface area is 126 Å². The predicted octanol–water partition coefficient (Wildman–Crippen LogP) is 2.29. The largest absolute Gasteiger partial charge is 0.475 e. The van der Waals surface area contributed by atoms with Gasteiger partial charge in [-0.15, -0.1) is 0 Å². The molecule has 1 aromatic heterocycles. The fraction of sp³-hybridized carbons (Fsp3) is 0.667. The van der Waals surface area contributed by atoms with Crippen molar-refractivity contribution in [1.82, 2.24) is 15.3 Å². The van der Waals surface area contributed by atoms with Crippen LogP contribution in [-0.2, 0) is 4.79 Å². The number of ether oxygens (including phenoxy) is 1. The number of nitrogens with one attached hydrogen (secondary N) is 2. The van der Waals surface area contributed by atoms with Crippen LogP contribution in [0.2, 0.25) is 0 Å². The van der Waals surface area contributed by atoms with E-state index in [-0.39, 0.29) is 18.1 Å². The fourth-order valence-electron chi connectivity index (χ4n) is 1.66. The fourth-order valence-corrected chi connectivity index (χ4v) is 1.66. The SMILES string of the molecule is CCC(C)NC(=O)CCNc1nc(C)cc(OC(C)C)n1. The van der Waals surface area contributed by atoms with Gasteiger partial charge < -0.3 is 15.4 Å². The first-order valence-corrected chi connectivity index (χ1v) is 7.46. The molecule has 2 N–H and O–H groups in total. The molecule has 0 aliphatic carbocycles. The minimum absolute atomic E-state index is 0.0307. The number of aryl methyl sites for hydroxylation is 1. The number of hydrogen-bond donors (Lipinski definition) is 2. The standard InChI is InChI=1S/C15H26N4O2/c1-6-11(4)17-13(20)7-8-16-15-18-12(5)9-14(19-15)21-10(2)3/h9-11H,6-8H2,1-5H3,(H,17,20)(H,16,18,19). The number of carbonyl (C=O) groups excluding carboxylic acids is 1. The first-order chi connectivity index (χ1) is 9.90. The summed E-state index contributed by atoms with van der Waals surface area (Å²) in [6.07, 6.45) is 1.38. The van der Waals surface area contributed by atoms with E-state index in [2.05, 4.69) is 20.6 Å². The Hall–Kier alpha value is -1.85. The van der Waals surface area contributed by atoms with Crippen LogP contribution in [0.4, 0.5) is 5.95 Å². The number of rotatable bonds is 8. The van der Waals surface area contributed by atoms with E-state index in [9.17, 15) is 4.79 Å². The lowest BCUT2D eigenvalue weighted by atomic mass is 10.2. The molecule has 0 aliphatic heterocycles. The van der Waals surface area contributed by atoms with Crippen LogP contribution in [0.15, 0.2) is 6.07 Å². The molecule has 0 saturated heterocycles. The van der Waals surface area contributed by atoms with Crippen LogP contribution in [0.1, 0.15) is 46.2 Å². The maximum absolute atomic E-state index is 11.7. The van der Waals surface area contributed by atoms with Gasteiger partial charge in [-0.25, -0.2) is 4.98 Å². The van der Waals surface area contributed by atoms with Gasteiger partial charge in [-0.2, -0.15) is 4.98 Å². The van der Waals surface area contributed by atoms with Crippen LogP contribution in [0.5, 0.6) is 5.88 Å². The number of amides is 1. The van der Waals surface area contributed by atoms with Crippen molar-refractivity contribution in [3.8, 4) is 5.88 Å². The van der Waals surface area contributed by atoms with E-state index in [1.807, 2.05) is 34.6 Å². The number of aromatic nitrogens is 2. The summed E-state index contributed by atoms with van der Waals surface area (Å²) in [6.45, 7) is 10.3. The zero-order chi connectivity index (χ0) is 15.8. The van der Waals surface area contributed by atoms with Gasteiger partial charge in [0.15, 0.2) is 0 Å². The molecule has 0 aromatic carbocycles. The van der Waals surface area contributed by atoms with Gasteiger partial charge in [-0.1, -0.05) is 6.92 Å². The summed E-state index contributed by atoms with van der Waals surface area (Å²) in [7, 11) is 0. The lowest BCUT2D eigenvalue weighted by Gasteiger charge is -2.13. The van der Waals surface area contributed by atoms with Crippen molar-refractivity contribution in [2.75, 3.05) is 11.9 Å². The van der Waals surface area contributed by atoms with Crippen molar-refractivity contribution < 1.29 is 9.53 Å². The summed E-state index contributed by atoms with van der Waals surface area (Å²) in [5.74, 6) is 1.06. The topological polar surface area (TPSA) is 76.1 Å². The van der Waals surface area contributed by atoms with Gasteiger partial charge in [0, 0.05) is 30.8 Å². The van der Waals surface area contributed by atoms with Crippen molar-refractivity contribution in [1.29, 1.82) is 0 Å². The van der Waals surface area contributed by atoms with E-state index >= 15 is 0 Å². The highest BCUT2D eigenvalue weighted by molar-refractivity contribution is 5.76. The van der Waals surface area contributed by atoms with E-state index in [1.165, 1.54) is 0 Å². The van der Waals surface area contributed by atoms with Crippen LogP contribution in [0.25, 0.3) is 0 Å². The lowest BCUT2D eigenvalue weighted by molar-refractivity contribution is -0.121. The molecule has 1 unspecified atom stereocenters. The Morgan fingerprint density at radius 1 is 1.33 bits per heavy atom. The Kier molecular flexibility index (Phi) is 6.91. The maximum Gasteiger partial charge on any atom is 0.226 e. The average Bonchev–Trinajstić information content (AvgIpc) is 2.36. The molecule has 1 atom stereocenters. The summed E-state index contributed by atoms with van der Waals surface area (Å²) in [5.41, 5.74) is 0.826. The Morgan fingerprint density at radius 3 is 2.67 bits per heavy atom. The normalized spacial score (nSPS) is 12.1. The maximum atomic E-state index is 11.7. The average molecular weight is 294 g/mol. The summed E-state index contributed by atoms with van der Waals surface area (Å²) in [5, 5.41) is 5.98. The van der Waals surface area contributed by atoms with Gasteiger partial charge in [0.05, 0.1) is 6.10 Å². The second-order valence-electron chi connectivity index (χ2n) is 5.39. The molecule has 1 heterocycles. The highest BCUT2D eigenvalue weighted by atomic mass is 16.5. The first-order valence-electron chi connectivity index (χ1n) is 7.46. The Morgan fingerprint density at radius 2 is 2.05 bits per heavy atom. The van der Waals surface area contributed by atoms with Gasteiger partial charge in [0.2, 0.25) is 17.7 Å². The Bertz CT molecular complexity index is 463. The van der Waals surface area contributed by atoms with Gasteiger partial charge in [-0.3, -0.25) is 4.79 Å². The number of anilines is 1. The van der Waals surface area contributed by atoms with Crippen LogP contribution in [0, 0.1) is 6.92 Å². The molecule has 118 valence electrons. The number of carbonyl (C=O) groups is 1. The van der Waals surface area contributed by atoms with Crippen LogP contribution in [-0.4, -0.2) is 34.6 Å². The molecule has 21 heavy (non-hydrogen) atoms. The molecular weight excluding hydrogens is 268 g/mol. The zero-order valence-corrected chi connectivity index (χ0v) is 13.6. The van der Waals surface area contributed by atoms with Crippen LogP contribution >= 0.6 is 0 Å². The van der Waals surface area contributed by atoms with Crippen molar-refractivity contribution in [2.45, 2.75) is 59.6 Å². The van der Waals surface area contributed by atoms with Crippen molar-refractivity contribution in [2.24, 2.45) is 0 Å². The van der Waals surface area contributed by atoms with E-state index in [0.717, 1.165) is 12.1 Å². The van der Waals surface area contributed by atoms with E-state index in [0.29, 0.717) is 24.8 Å². The minimum Gasteiger partial charge on any atom is -0.475 e. The van der Waals surface area contributed by atoms with E-state index < -0.39 is 0 Å². The molecule has 0 spiro atoms. The third-order valence-electron chi connectivity index (χ3n) is 2.84. The van der Waals surface area contributed by atoms with Crippen molar-refractivity contribution in [3.63, 3.8) is 0 Å². The molecule has 1 rings (SSSR count). The van der Waals surface area contributed by atoms with Gasteiger partial charge in [0.25, 0.3) is 0 Å². The number of nitrogens with zero attached hydrogens (tertiary/aromatic N) is 2. The van der Waals surface area contributed by atoms with Gasteiger partial charge >= 0.3 is 0 Å². The summed E-state index contributed by atoms with van der Waals surface area (Å²) >= 11 is 0. The summed E-state index contributed by atoms with van der Waals surface area (Å²) in [6, 6.07) is 2.00. The molecule has 0 aliphatic rings. The van der Waals surface area contributed by atoms with Crippen LogP contribution < -0.4 is 15.4 Å². The quantitative estimate of drug-likeness (QED) is 0.769. The molecule has 0 fully saturated rings. The molecule has 6 heteroatoms. The third kappa shape index (κ3) is 6.92. The van der Waals surface area contributed by atoms with Gasteiger partial charge in [-0.05, 0) is 34.1 Å². The van der Waals surface area contributed by atoms with Crippen molar-refractivity contribution in [3.05, 3.63) is 11.8 Å². The highest BCUT2D eigenvalue weighted by Gasteiger charge is 2.07. The molecule has 0 saturated carbocycles. The molecular formula is C15H26N4O2. The summed E-state index contributed by atoms with van der Waals surface area (Å²) < 4.78 is 5.56. The molecule has 0 radical (unpaired) electrons. The van der Waals surface area contributed by atoms with Crippen molar-refractivity contribution >= 4 is 11.9 Å². The third-order valence-corrected chi connectivity index (χ3v) is 2.84. The lowest BCUT2D eigenvalue weighted by Crippen LogP contribution is -2.33. The monoisotopic (exact) mass is 294 g/mol. The summed E-state index contributed by atoms with van der Waals surface area (Å²) in [4.78, 5) is 20.2. The number of hydrogen-bond acceptors (Lipinski definition) is 5. The zero-order valence-electron chi connectivity index (χ0n) is 13.6. The molecule has 6 nitrogen and oxygen atoms in total. The molecule has 1 aromatic rings. The highest BCUT2D eigenvalue weighted by Crippen LogP contribution is 2.13. The Balaban J connectivity index is 2.48. The second kappa shape index (κ2) is 8.44. The first kappa shape index (κ1) is 17.2. The van der Waals surface area contributed by atoms with Crippen LogP contribution in [0.3, 0.4) is 0 Å². The van der Waals surface area contributed by atoms with E-state index in [4.69, 9.17) is 4.74 Å².